The molecule has 1 saturated heterocycles. The van der Waals surface area contributed by atoms with E-state index in [4.69, 9.17) is 14.9 Å². The Morgan fingerprint density at radius 3 is 2.81 bits per heavy atom. The largest absolute Gasteiger partial charge is 0.479 e. The summed E-state index contributed by atoms with van der Waals surface area (Å²) in [6.07, 6.45) is 1.57. The Morgan fingerprint density at radius 1 is 1.50 bits per heavy atom. The fourth-order valence-corrected chi connectivity index (χ4v) is 1.55. The van der Waals surface area contributed by atoms with Crippen molar-refractivity contribution in [3.05, 3.63) is 0 Å². The molecule has 0 aromatic rings. The number of rotatable bonds is 6. The van der Waals surface area contributed by atoms with E-state index in [9.17, 15) is 9.59 Å². The minimum atomic E-state index is -1.54. The van der Waals surface area contributed by atoms with Crippen LogP contribution >= 0.6 is 0 Å². The fourth-order valence-electron chi connectivity index (χ4n) is 1.55. The van der Waals surface area contributed by atoms with Crippen LogP contribution < -0.4 is 5.32 Å². The van der Waals surface area contributed by atoms with E-state index in [0.29, 0.717) is 12.8 Å². The molecule has 6 nitrogen and oxygen atoms in total. The average molecular weight is 231 g/mol. The molecule has 0 aliphatic carbocycles. The van der Waals surface area contributed by atoms with Crippen molar-refractivity contribution >= 4 is 11.9 Å². The third-order valence-corrected chi connectivity index (χ3v) is 2.50. The second kappa shape index (κ2) is 6.44. The number of nitrogens with one attached hydrogen (secondary N) is 1. The molecule has 3 N–H and O–H groups in total. The smallest absolute Gasteiger partial charge is 0.334 e. The molecule has 2 atom stereocenters. The van der Waals surface area contributed by atoms with Crippen LogP contribution in [0.5, 0.6) is 0 Å². The standard InChI is InChI=1S/C10H17NO5/c12-8(10(14)15)6-11-9(13)4-3-7-2-1-5-16-7/h7-8,12H,1-6H2,(H,11,13)(H,14,15)/t7?,8-/m0/s1. The Bertz CT molecular complexity index is 250. The molecule has 1 rings (SSSR count). The maximum absolute atomic E-state index is 11.3. The van der Waals surface area contributed by atoms with Crippen LogP contribution in [-0.2, 0) is 14.3 Å². The van der Waals surface area contributed by atoms with Crippen molar-refractivity contribution in [1.29, 1.82) is 0 Å². The number of carboxylic acid groups (broad SMARTS) is 1. The first-order valence-electron chi connectivity index (χ1n) is 5.38. The van der Waals surface area contributed by atoms with E-state index in [1.165, 1.54) is 0 Å². The molecule has 1 heterocycles. The lowest BCUT2D eigenvalue weighted by Crippen LogP contribution is -2.36. The number of aliphatic hydroxyl groups is 1. The van der Waals surface area contributed by atoms with Gasteiger partial charge in [-0.2, -0.15) is 0 Å². The first-order valence-corrected chi connectivity index (χ1v) is 5.38. The van der Waals surface area contributed by atoms with Crippen LogP contribution in [0, 0.1) is 0 Å². The fraction of sp³-hybridized carbons (Fsp3) is 0.800. The molecule has 0 aromatic carbocycles. The molecule has 0 saturated carbocycles. The highest BCUT2D eigenvalue weighted by Crippen LogP contribution is 2.16. The van der Waals surface area contributed by atoms with E-state index < -0.39 is 12.1 Å². The number of aliphatic hydroxyl groups excluding tert-OH is 1. The van der Waals surface area contributed by atoms with Crippen molar-refractivity contribution in [2.75, 3.05) is 13.2 Å². The Labute approximate surface area is 93.6 Å². The van der Waals surface area contributed by atoms with E-state index in [1.54, 1.807) is 0 Å². The number of aliphatic carboxylic acids is 1. The molecule has 1 unspecified atom stereocenters. The predicted molar refractivity (Wildman–Crippen MR) is 54.9 cm³/mol. The van der Waals surface area contributed by atoms with Crippen molar-refractivity contribution in [2.45, 2.75) is 37.9 Å². The summed E-state index contributed by atoms with van der Waals surface area (Å²) < 4.78 is 5.34. The topological polar surface area (TPSA) is 95.9 Å². The lowest BCUT2D eigenvalue weighted by Gasteiger charge is -2.10. The van der Waals surface area contributed by atoms with Gasteiger partial charge in [0.2, 0.25) is 5.91 Å². The predicted octanol–water partition coefficient (Wildman–Crippen LogP) is -0.493. The van der Waals surface area contributed by atoms with Crippen LogP contribution in [0.2, 0.25) is 0 Å². The van der Waals surface area contributed by atoms with Gasteiger partial charge in [-0.05, 0) is 19.3 Å². The number of carbonyl (C=O) groups excluding carboxylic acids is 1. The first-order chi connectivity index (χ1) is 7.59. The number of hydrogen-bond donors (Lipinski definition) is 3. The third-order valence-electron chi connectivity index (χ3n) is 2.50. The normalized spacial score (nSPS) is 21.7. The molecular formula is C10H17NO5. The van der Waals surface area contributed by atoms with Crippen molar-refractivity contribution in [3.63, 3.8) is 0 Å². The summed E-state index contributed by atoms with van der Waals surface area (Å²) in [5.41, 5.74) is 0. The molecule has 0 aromatic heterocycles. The summed E-state index contributed by atoms with van der Waals surface area (Å²) in [6, 6.07) is 0. The summed E-state index contributed by atoms with van der Waals surface area (Å²) >= 11 is 0. The average Bonchev–Trinajstić information content (AvgIpc) is 2.75. The van der Waals surface area contributed by atoms with Crippen molar-refractivity contribution in [2.24, 2.45) is 0 Å². The SMILES string of the molecule is O=C(CCC1CCCO1)NC[C@H](O)C(=O)O. The van der Waals surface area contributed by atoms with Gasteiger partial charge in [-0.1, -0.05) is 0 Å². The zero-order chi connectivity index (χ0) is 12.0. The first kappa shape index (κ1) is 12.9. The summed E-state index contributed by atoms with van der Waals surface area (Å²) in [5, 5.41) is 19.7. The van der Waals surface area contributed by atoms with Crippen LogP contribution in [0.1, 0.15) is 25.7 Å². The number of ether oxygens (including phenoxy) is 1. The minimum absolute atomic E-state index is 0.148. The summed E-state index contributed by atoms with van der Waals surface area (Å²) in [7, 11) is 0. The highest BCUT2D eigenvalue weighted by atomic mass is 16.5. The number of carbonyl (C=O) groups is 2. The quantitative estimate of drug-likeness (QED) is 0.573. The molecule has 1 fully saturated rings. The second-order valence-electron chi connectivity index (χ2n) is 3.83. The number of amides is 1. The van der Waals surface area contributed by atoms with E-state index in [0.717, 1.165) is 19.4 Å². The van der Waals surface area contributed by atoms with Crippen molar-refractivity contribution in [1.82, 2.24) is 5.32 Å². The highest BCUT2D eigenvalue weighted by molar-refractivity contribution is 5.77. The summed E-state index contributed by atoms with van der Waals surface area (Å²) in [4.78, 5) is 21.5. The molecule has 0 spiro atoms. The van der Waals surface area contributed by atoms with Gasteiger partial charge in [0.05, 0.1) is 12.6 Å². The summed E-state index contributed by atoms with van der Waals surface area (Å²) in [5.74, 6) is -1.59. The Kier molecular flexibility index (Phi) is 5.21. The molecule has 0 radical (unpaired) electrons. The van der Waals surface area contributed by atoms with Crippen LogP contribution in [0.25, 0.3) is 0 Å². The van der Waals surface area contributed by atoms with Gasteiger partial charge in [0.25, 0.3) is 0 Å². The van der Waals surface area contributed by atoms with Gasteiger partial charge < -0.3 is 20.3 Å². The molecule has 6 heteroatoms. The lowest BCUT2D eigenvalue weighted by atomic mass is 10.1. The van der Waals surface area contributed by atoms with E-state index in [1.807, 2.05) is 0 Å². The molecule has 1 aliphatic rings. The van der Waals surface area contributed by atoms with E-state index in [-0.39, 0.29) is 18.6 Å². The minimum Gasteiger partial charge on any atom is -0.479 e. The van der Waals surface area contributed by atoms with Gasteiger partial charge in [0.15, 0.2) is 6.10 Å². The van der Waals surface area contributed by atoms with Gasteiger partial charge in [0, 0.05) is 13.0 Å². The summed E-state index contributed by atoms with van der Waals surface area (Å²) in [6.45, 7) is 0.504. The van der Waals surface area contributed by atoms with Crippen LogP contribution in [0.3, 0.4) is 0 Å². The monoisotopic (exact) mass is 231 g/mol. The maximum atomic E-state index is 11.3. The Balaban J connectivity index is 2.08. The van der Waals surface area contributed by atoms with Gasteiger partial charge in [-0.15, -0.1) is 0 Å². The third kappa shape index (κ3) is 4.59. The van der Waals surface area contributed by atoms with Gasteiger partial charge in [-0.25, -0.2) is 4.79 Å². The van der Waals surface area contributed by atoms with Gasteiger partial charge in [0.1, 0.15) is 0 Å². The van der Waals surface area contributed by atoms with Crippen molar-refractivity contribution < 1.29 is 24.5 Å². The molecule has 0 bridgehead atoms. The highest BCUT2D eigenvalue weighted by Gasteiger charge is 2.18. The zero-order valence-electron chi connectivity index (χ0n) is 9.02. The van der Waals surface area contributed by atoms with E-state index in [2.05, 4.69) is 5.32 Å². The van der Waals surface area contributed by atoms with Gasteiger partial charge in [-0.3, -0.25) is 4.79 Å². The maximum Gasteiger partial charge on any atom is 0.334 e. The van der Waals surface area contributed by atoms with Crippen LogP contribution in [-0.4, -0.2) is 47.4 Å². The molecule has 1 aliphatic heterocycles. The lowest BCUT2D eigenvalue weighted by molar-refractivity contribution is -0.146. The Morgan fingerprint density at radius 2 is 2.25 bits per heavy atom. The number of carboxylic acids is 1. The second-order valence-corrected chi connectivity index (χ2v) is 3.83. The van der Waals surface area contributed by atoms with Gasteiger partial charge >= 0.3 is 5.97 Å². The molecule has 92 valence electrons. The molecule has 1 amide bonds. The number of hydrogen-bond acceptors (Lipinski definition) is 4. The Hall–Kier alpha value is -1.14. The zero-order valence-corrected chi connectivity index (χ0v) is 9.02. The van der Waals surface area contributed by atoms with E-state index >= 15 is 0 Å². The van der Waals surface area contributed by atoms with Crippen molar-refractivity contribution in [3.8, 4) is 0 Å². The molecule has 16 heavy (non-hydrogen) atoms. The van der Waals surface area contributed by atoms with Crippen LogP contribution in [0.4, 0.5) is 0 Å². The molecular weight excluding hydrogens is 214 g/mol. The van der Waals surface area contributed by atoms with Crippen LogP contribution in [0.15, 0.2) is 0 Å².